The van der Waals surface area contributed by atoms with Crippen molar-refractivity contribution < 1.29 is 4.79 Å². The summed E-state index contributed by atoms with van der Waals surface area (Å²) in [4.78, 5) is 23.3. The molecule has 0 spiro atoms. The molecule has 0 aliphatic rings. The van der Waals surface area contributed by atoms with E-state index < -0.39 is 0 Å². The van der Waals surface area contributed by atoms with Crippen LogP contribution in [0.2, 0.25) is 5.02 Å². The Balaban J connectivity index is 1.72. The number of carbonyl (C=O) groups is 1. The number of hydrogen-bond acceptors (Lipinski definition) is 4. The van der Waals surface area contributed by atoms with Crippen LogP contribution in [-0.2, 0) is 6.54 Å². The molecule has 1 heterocycles. The second kappa shape index (κ2) is 8.64. The highest BCUT2D eigenvalue weighted by atomic mass is 35.5. The number of nitrogens with zero attached hydrogens (tertiary/aromatic N) is 3. The monoisotopic (exact) mass is 380 g/mol. The third-order valence-corrected chi connectivity index (χ3v) is 4.72. The molecule has 0 bridgehead atoms. The van der Waals surface area contributed by atoms with Gasteiger partial charge in [-0.05, 0) is 37.1 Å². The lowest BCUT2D eigenvalue weighted by atomic mass is 10.2. The average Bonchev–Trinajstić information content (AvgIpc) is 2.70. The van der Waals surface area contributed by atoms with Crippen LogP contribution in [0, 0.1) is 6.92 Å². The first kappa shape index (κ1) is 18.9. The van der Waals surface area contributed by atoms with E-state index in [1.807, 2.05) is 25.1 Å². The number of halogens is 1. The number of benzene rings is 2. The lowest BCUT2D eigenvalue weighted by molar-refractivity contribution is 0.102. The van der Waals surface area contributed by atoms with Crippen molar-refractivity contribution in [3.63, 3.8) is 0 Å². The van der Waals surface area contributed by atoms with Crippen molar-refractivity contribution in [1.29, 1.82) is 0 Å². The zero-order valence-electron chi connectivity index (χ0n) is 15.3. The second-order valence-electron chi connectivity index (χ2n) is 6.13. The van der Waals surface area contributed by atoms with Crippen molar-refractivity contribution in [2.45, 2.75) is 20.4 Å². The maximum absolute atomic E-state index is 12.4. The van der Waals surface area contributed by atoms with Crippen LogP contribution in [0.3, 0.4) is 0 Å². The molecule has 0 radical (unpaired) electrons. The Bertz CT molecular complexity index is 913. The van der Waals surface area contributed by atoms with Crippen LogP contribution in [0.15, 0.2) is 60.9 Å². The molecule has 0 fully saturated rings. The second-order valence-corrected chi connectivity index (χ2v) is 6.53. The fraction of sp³-hybridized carbons (Fsp3) is 0.190. The Labute approximate surface area is 164 Å². The predicted octanol–water partition coefficient (Wildman–Crippen LogP) is 4.72. The molecule has 27 heavy (non-hydrogen) atoms. The van der Waals surface area contributed by atoms with Crippen molar-refractivity contribution in [3.8, 4) is 0 Å². The smallest absolute Gasteiger partial charge is 0.275 e. The number of carbonyl (C=O) groups excluding carboxylic acids is 1. The minimum atomic E-state index is -0.314. The zero-order valence-corrected chi connectivity index (χ0v) is 16.1. The van der Waals surface area contributed by atoms with E-state index in [0.29, 0.717) is 10.7 Å². The number of nitrogens with one attached hydrogen (secondary N) is 1. The van der Waals surface area contributed by atoms with Crippen molar-refractivity contribution in [2.75, 3.05) is 16.8 Å². The zero-order chi connectivity index (χ0) is 19.2. The molecule has 6 heteroatoms. The summed E-state index contributed by atoms with van der Waals surface area (Å²) in [7, 11) is 0. The maximum atomic E-state index is 12.4. The molecule has 0 aliphatic carbocycles. The SMILES string of the molecule is CCN(Cc1ccccc1)c1cnc(C(=O)Nc2cccc(Cl)c2C)cn1. The summed E-state index contributed by atoms with van der Waals surface area (Å²) in [6.07, 6.45) is 3.13. The van der Waals surface area contributed by atoms with Crippen molar-refractivity contribution in [3.05, 3.63) is 82.8 Å². The van der Waals surface area contributed by atoms with Crippen LogP contribution in [0.1, 0.15) is 28.5 Å². The van der Waals surface area contributed by atoms with Gasteiger partial charge < -0.3 is 10.2 Å². The molecule has 0 aliphatic heterocycles. The Morgan fingerprint density at radius 2 is 1.85 bits per heavy atom. The fourth-order valence-electron chi connectivity index (χ4n) is 2.69. The largest absolute Gasteiger partial charge is 0.351 e. The summed E-state index contributed by atoms with van der Waals surface area (Å²) in [6, 6.07) is 15.6. The molecule has 0 saturated carbocycles. The average molecular weight is 381 g/mol. The molecule has 3 aromatic rings. The third-order valence-electron chi connectivity index (χ3n) is 4.31. The quantitative estimate of drug-likeness (QED) is 0.672. The van der Waals surface area contributed by atoms with Gasteiger partial charge in [0, 0.05) is 23.8 Å². The molecule has 0 saturated heterocycles. The molecule has 1 N–H and O–H groups in total. The number of hydrogen-bond donors (Lipinski definition) is 1. The van der Waals surface area contributed by atoms with Crippen LogP contribution >= 0.6 is 11.6 Å². The normalized spacial score (nSPS) is 10.5. The van der Waals surface area contributed by atoms with Gasteiger partial charge in [0.15, 0.2) is 0 Å². The van der Waals surface area contributed by atoms with Crippen molar-refractivity contribution in [2.24, 2.45) is 0 Å². The summed E-state index contributed by atoms with van der Waals surface area (Å²) in [6.45, 7) is 5.44. The minimum absolute atomic E-state index is 0.258. The van der Waals surface area contributed by atoms with E-state index in [9.17, 15) is 4.79 Å². The standard InChI is InChI=1S/C21H21ClN4O/c1-3-26(14-16-8-5-4-6-9-16)20-13-23-19(12-24-20)21(27)25-18-11-7-10-17(22)15(18)2/h4-13H,3,14H2,1-2H3,(H,25,27). The van der Waals surface area contributed by atoms with Gasteiger partial charge in [-0.15, -0.1) is 0 Å². The number of aromatic nitrogens is 2. The molecule has 3 rings (SSSR count). The van der Waals surface area contributed by atoms with E-state index >= 15 is 0 Å². The molecule has 5 nitrogen and oxygen atoms in total. The first-order valence-corrected chi connectivity index (χ1v) is 9.13. The number of rotatable bonds is 6. The lowest BCUT2D eigenvalue weighted by Crippen LogP contribution is -2.24. The first-order valence-electron chi connectivity index (χ1n) is 8.76. The Morgan fingerprint density at radius 3 is 2.52 bits per heavy atom. The molecule has 0 atom stereocenters. The van der Waals surface area contributed by atoms with Crippen LogP contribution < -0.4 is 10.2 Å². The van der Waals surface area contributed by atoms with E-state index in [1.165, 1.54) is 11.8 Å². The molecule has 0 unspecified atom stereocenters. The topological polar surface area (TPSA) is 58.1 Å². The molecule has 1 aromatic heterocycles. The summed E-state index contributed by atoms with van der Waals surface area (Å²) in [5, 5.41) is 3.44. The number of anilines is 2. The Kier molecular flexibility index (Phi) is 6.04. The van der Waals surface area contributed by atoms with Gasteiger partial charge in [0.1, 0.15) is 11.5 Å². The van der Waals surface area contributed by atoms with Crippen LogP contribution in [0.25, 0.3) is 0 Å². The van der Waals surface area contributed by atoms with Crippen molar-refractivity contribution in [1.82, 2.24) is 9.97 Å². The van der Waals surface area contributed by atoms with E-state index in [4.69, 9.17) is 11.6 Å². The molecule has 138 valence electrons. The highest BCUT2D eigenvalue weighted by molar-refractivity contribution is 6.31. The van der Waals surface area contributed by atoms with Gasteiger partial charge in [-0.2, -0.15) is 0 Å². The van der Waals surface area contributed by atoms with Gasteiger partial charge in [0.05, 0.1) is 12.4 Å². The summed E-state index contributed by atoms with van der Waals surface area (Å²) < 4.78 is 0. The van der Waals surface area contributed by atoms with E-state index in [2.05, 4.69) is 39.2 Å². The van der Waals surface area contributed by atoms with Gasteiger partial charge >= 0.3 is 0 Å². The van der Waals surface area contributed by atoms with Gasteiger partial charge in [-0.1, -0.05) is 48.0 Å². The van der Waals surface area contributed by atoms with E-state index in [0.717, 1.165) is 24.5 Å². The molecular formula is C21H21ClN4O. The Morgan fingerprint density at radius 1 is 1.07 bits per heavy atom. The first-order chi connectivity index (χ1) is 13.1. The van der Waals surface area contributed by atoms with Crippen LogP contribution in [0.5, 0.6) is 0 Å². The van der Waals surface area contributed by atoms with E-state index in [1.54, 1.807) is 24.4 Å². The predicted molar refractivity (Wildman–Crippen MR) is 109 cm³/mol. The number of amides is 1. The van der Waals surface area contributed by atoms with Gasteiger partial charge in [-0.3, -0.25) is 4.79 Å². The fourth-order valence-corrected chi connectivity index (χ4v) is 2.86. The van der Waals surface area contributed by atoms with Gasteiger partial charge in [-0.25, -0.2) is 9.97 Å². The summed E-state index contributed by atoms with van der Waals surface area (Å²) in [5.74, 6) is 0.419. The lowest BCUT2D eigenvalue weighted by Gasteiger charge is -2.21. The van der Waals surface area contributed by atoms with Gasteiger partial charge in [0.25, 0.3) is 5.91 Å². The molecule has 1 amide bonds. The molecule has 2 aromatic carbocycles. The summed E-state index contributed by atoms with van der Waals surface area (Å²) >= 11 is 6.10. The maximum Gasteiger partial charge on any atom is 0.275 e. The highest BCUT2D eigenvalue weighted by Gasteiger charge is 2.13. The Hall–Kier alpha value is -2.92. The van der Waals surface area contributed by atoms with E-state index in [-0.39, 0.29) is 11.6 Å². The van der Waals surface area contributed by atoms with Gasteiger partial charge in [0.2, 0.25) is 0 Å². The van der Waals surface area contributed by atoms with Crippen LogP contribution in [0.4, 0.5) is 11.5 Å². The van der Waals surface area contributed by atoms with Crippen molar-refractivity contribution >= 4 is 29.0 Å². The van der Waals surface area contributed by atoms with Crippen LogP contribution in [-0.4, -0.2) is 22.4 Å². The molecular weight excluding hydrogens is 360 g/mol. The highest BCUT2D eigenvalue weighted by Crippen LogP contribution is 2.23. The third kappa shape index (κ3) is 4.63. The minimum Gasteiger partial charge on any atom is -0.351 e. The summed E-state index contributed by atoms with van der Waals surface area (Å²) in [5.41, 5.74) is 2.93.